The van der Waals surface area contributed by atoms with Gasteiger partial charge in [0.15, 0.2) is 0 Å². The fourth-order valence-electron chi connectivity index (χ4n) is 1.76. The van der Waals surface area contributed by atoms with Crippen molar-refractivity contribution in [3.8, 4) is 0 Å². The molecule has 112 valence electrons. The second-order valence-corrected chi connectivity index (χ2v) is 7.73. The quantitative estimate of drug-likeness (QED) is 0.750. The highest BCUT2D eigenvalue weighted by Crippen LogP contribution is 2.31. The Bertz CT molecular complexity index is 736. The molecular formula is C14H12BrCl2NO2S. The highest BCUT2D eigenvalue weighted by atomic mass is 79.9. The number of hydrogen-bond donors (Lipinski definition) is 1. The van der Waals surface area contributed by atoms with Gasteiger partial charge in [-0.15, -0.1) is 0 Å². The van der Waals surface area contributed by atoms with Crippen molar-refractivity contribution in [3.05, 3.63) is 62.5 Å². The van der Waals surface area contributed by atoms with Gasteiger partial charge >= 0.3 is 0 Å². The van der Waals surface area contributed by atoms with Crippen LogP contribution in [-0.4, -0.2) is 15.0 Å². The van der Waals surface area contributed by atoms with E-state index in [2.05, 4.69) is 20.7 Å². The second kappa shape index (κ2) is 7.11. The van der Waals surface area contributed by atoms with E-state index in [1.54, 1.807) is 0 Å². The summed E-state index contributed by atoms with van der Waals surface area (Å²) in [5.41, 5.74) is 1.06. The van der Waals surface area contributed by atoms with E-state index in [0.717, 1.165) is 5.56 Å². The number of nitrogens with one attached hydrogen (secondary N) is 1. The Morgan fingerprint density at radius 2 is 1.67 bits per heavy atom. The number of sulfonamides is 1. The van der Waals surface area contributed by atoms with Gasteiger partial charge in [0.2, 0.25) is 10.0 Å². The smallest absolute Gasteiger partial charge is 0.211 e. The van der Waals surface area contributed by atoms with Gasteiger partial charge < -0.3 is 0 Å². The van der Waals surface area contributed by atoms with Crippen molar-refractivity contribution in [1.82, 2.24) is 4.72 Å². The van der Waals surface area contributed by atoms with Crippen LogP contribution in [0.15, 0.2) is 51.8 Å². The van der Waals surface area contributed by atoms with Crippen LogP contribution in [0.4, 0.5) is 0 Å². The number of benzene rings is 2. The summed E-state index contributed by atoms with van der Waals surface area (Å²) in [6.45, 7) is 0.305. The van der Waals surface area contributed by atoms with Crippen molar-refractivity contribution in [2.75, 3.05) is 6.54 Å². The van der Waals surface area contributed by atoms with Gasteiger partial charge in [0, 0.05) is 11.0 Å². The predicted molar refractivity (Wildman–Crippen MR) is 89.5 cm³/mol. The summed E-state index contributed by atoms with van der Waals surface area (Å²) in [7, 11) is -3.64. The summed E-state index contributed by atoms with van der Waals surface area (Å²) in [5.74, 6) is 0. The summed E-state index contributed by atoms with van der Waals surface area (Å²) >= 11 is 14.9. The maximum absolute atomic E-state index is 12.3. The minimum atomic E-state index is -3.64. The molecule has 0 spiro atoms. The van der Waals surface area contributed by atoms with Gasteiger partial charge in [-0.1, -0.05) is 53.5 Å². The molecule has 0 fully saturated rings. The Labute approximate surface area is 142 Å². The van der Waals surface area contributed by atoms with Gasteiger partial charge in [-0.2, -0.15) is 0 Å². The zero-order chi connectivity index (χ0) is 15.5. The molecule has 0 saturated carbocycles. The van der Waals surface area contributed by atoms with Crippen LogP contribution in [0.25, 0.3) is 0 Å². The highest BCUT2D eigenvalue weighted by molar-refractivity contribution is 9.10. The molecule has 0 atom stereocenters. The first-order chi connectivity index (χ1) is 9.90. The van der Waals surface area contributed by atoms with E-state index >= 15 is 0 Å². The van der Waals surface area contributed by atoms with Crippen molar-refractivity contribution in [2.45, 2.75) is 11.3 Å². The van der Waals surface area contributed by atoms with Gasteiger partial charge in [-0.05, 0) is 40.0 Å². The summed E-state index contributed by atoms with van der Waals surface area (Å²) in [6.07, 6.45) is 0.610. The Morgan fingerprint density at radius 3 is 2.33 bits per heavy atom. The predicted octanol–water partition coefficient (Wildman–Crippen LogP) is 4.28. The maximum Gasteiger partial charge on any atom is 0.241 e. The molecule has 2 rings (SSSR count). The molecule has 0 heterocycles. The molecule has 3 nitrogen and oxygen atoms in total. The summed E-state index contributed by atoms with van der Waals surface area (Å²) in [4.78, 5) is 0.0740. The number of rotatable bonds is 5. The molecule has 0 unspecified atom stereocenters. The van der Waals surface area contributed by atoms with E-state index in [4.69, 9.17) is 23.2 Å². The lowest BCUT2D eigenvalue weighted by atomic mass is 10.2. The van der Waals surface area contributed by atoms with E-state index in [1.165, 1.54) is 12.1 Å². The molecule has 21 heavy (non-hydrogen) atoms. The van der Waals surface area contributed by atoms with Gasteiger partial charge in [0.25, 0.3) is 0 Å². The van der Waals surface area contributed by atoms with E-state index in [-0.39, 0.29) is 9.92 Å². The minimum absolute atomic E-state index is 0.0740. The molecule has 2 aromatic carbocycles. The monoisotopic (exact) mass is 407 g/mol. The normalized spacial score (nSPS) is 11.6. The first kappa shape index (κ1) is 16.8. The Balaban J connectivity index is 2.10. The topological polar surface area (TPSA) is 46.2 Å². The molecule has 7 heteroatoms. The van der Waals surface area contributed by atoms with Crippen LogP contribution in [0.1, 0.15) is 5.56 Å². The Hall–Kier alpha value is -0.590. The van der Waals surface area contributed by atoms with E-state index in [9.17, 15) is 8.42 Å². The van der Waals surface area contributed by atoms with Crippen LogP contribution in [-0.2, 0) is 16.4 Å². The summed E-state index contributed by atoms with van der Waals surface area (Å²) < 4.78 is 27.5. The average Bonchev–Trinajstić information content (AvgIpc) is 2.43. The lowest BCUT2D eigenvalue weighted by molar-refractivity contribution is 0.581. The molecule has 0 bridgehead atoms. The van der Waals surface area contributed by atoms with Gasteiger partial charge in [-0.25, -0.2) is 13.1 Å². The zero-order valence-corrected chi connectivity index (χ0v) is 14.7. The van der Waals surface area contributed by atoms with Crippen LogP contribution >= 0.6 is 39.1 Å². The Morgan fingerprint density at radius 1 is 1.05 bits per heavy atom. The minimum Gasteiger partial charge on any atom is -0.211 e. The molecule has 0 aliphatic rings. The molecule has 0 aliphatic carbocycles. The summed E-state index contributed by atoms with van der Waals surface area (Å²) in [5, 5.41) is 0.495. The lowest BCUT2D eigenvalue weighted by Crippen LogP contribution is -2.26. The van der Waals surface area contributed by atoms with Gasteiger partial charge in [-0.3, -0.25) is 0 Å². The molecule has 1 N–H and O–H groups in total. The number of halogens is 3. The van der Waals surface area contributed by atoms with Crippen molar-refractivity contribution >= 4 is 49.2 Å². The summed E-state index contributed by atoms with van der Waals surface area (Å²) in [6, 6.07) is 12.4. The molecule has 2 aromatic rings. The van der Waals surface area contributed by atoms with Crippen molar-refractivity contribution in [2.24, 2.45) is 0 Å². The molecular weight excluding hydrogens is 397 g/mol. The third-order valence-electron chi connectivity index (χ3n) is 2.81. The standard InChI is InChI=1S/C14H12BrCl2NO2S/c15-11-8-12(16)13(17)9-14(11)21(19,20)18-7-6-10-4-2-1-3-5-10/h1-5,8-9,18H,6-7H2. The van der Waals surface area contributed by atoms with Crippen LogP contribution < -0.4 is 4.72 Å². The van der Waals surface area contributed by atoms with Crippen molar-refractivity contribution in [1.29, 1.82) is 0 Å². The fraction of sp³-hybridized carbons (Fsp3) is 0.143. The fourth-order valence-corrected chi connectivity index (χ4v) is 4.38. The third kappa shape index (κ3) is 4.44. The van der Waals surface area contributed by atoms with Crippen molar-refractivity contribution < 1.29 is 8.42 Å². The van der Waals surface area contributed by atoms with Crippen LogP contribution in [0.2, 0.25) is 10.0 Å². The van der Waals surface area contributed by atoms with E-state index < -0.39 is 10.0 Å². The van der Waals surface area contributed by atoms with E-state index in [1.807, 2.05) is 30.3 Å². The average molecular weight is 409 g/mol. The maximum atomic E-state index is 12.3. The molecule has 0 aliphatic heterocycles. The number of hydrogen-bond acceptors (Lipinski definition) is 2. The highest BCUT2D eigenvalue weighted by Gasteiger charge is 2.19. The van der Waals surface area contributed by atoms with Gasteiger partial charge in [0.05, 0.1) is 14.9 Å². The molecule has 0 aromatic heterocycles. The molecule has 0 amide bonds. The first-order valence-corrected chi connectivity index (χ1v) is 9.11. The van der Waals surface area contributed by atoms with Crippen LogP contribution in [0.3, 0.4) is 0 Å². The lowest BCUT2D eigenvalue weighted by Gasteiger charge is -2.10. The first-order valence-electron chi connectivity index (χ1n) is 6.08. The van der Waals surface area contributed by atoms with Gasteiger partial charge in [0.1, 0.15) is 0 Å². The Kier molecular flexibility index (Phi) is 5.68. The van der Waals surface area contributed by atoms with Crippen LogP contribution in [0, 0.1) is 0 Å². The largest absolute Gasteiger partial charge is 0.241 e. The molecule has 0 radical (unpaired) electrons. The van der Waals surface area contributed by atoms with Crippen molar-refractivity contribution in [3.63, 3.8) is 0 Å². The molecule has 0 saturated heterocycles. The zero-order valence-electron chi connectivity index (χ0n) is 10.8. The van der Waals surface area contributed by atoms with Crippen LogP contribution in [0.5, 0.6) is 0 Å². The SMILES string of the molecule is O=S(=O)(NCCc1ccccc1)c1cc(Cl)c(Cl)cc1Br. The second-order valence-electron chi connectivity index (χ2n) is 4.33. The van der Waals surface area contributed by atoms with E-state index in [0.29, 0.717) is 22.5 Å². The third-order valence-corrected chi connectivity index (χ3v) is 5.95.